The molecule has 0 radical (unpaired) electrons. The van der Waals surface area contributed by atoms with Gasteiger partial charge in [-0.25, -0.2) is 9.18 Å². The molecule has 1 heterocycles. The lowest BCUT2D eigenvalue weighted by Gasteiger charge is -2.07. The molecule has 18 heavy (non-hydrogen) atoms. The number of aromatic amines is 1. The van der Waals surface area contributed by atoms with Crippen LogP contribution in [0.1, 0.15) is 5.56 Å². The van der Waals surface area contributed by atoms with Gasteiger partial charge in [-0.15, -0.1) is 0 Å². The molecule has 1 N–H and O–H groups in total. The fourth-order valence-corrected chi connectivity index (χ4v) is 2.29. The Morgan fingerprint density at radius 2 is 2.11 bits per heavy atom. The first-order chi connectivity index (χ1) is 8.47. The summed E-state index contributed by atoms with van der Waals surface area (Å²) in [5.41, 5.74) is -0.313. The van der Waals surface area contributed by atoms with Gasteiger partial charge in [-0.2, -0.15) is 0 Å². The van der Waals surface area contributed by atoms with Gasteiger partial charge in [-0.1, -0.05) is 15.9 Å². The summed E-state index contributed by atoms with van der Waals surface area (Å²) in [5.74, 6) is -0.375. The fourth-order valence-electron chi connectivity index (χ4n) is 1.45. The number of halogens is 3. The molecule has 0 unspecified atom stereocenters. The highest BCUT2D eigenvalue weighted by atomic mass is 127. The van der Waals surface area contributed by atoms with Crippen molar-refractivity contribution in [3.8, 4) is 0 Å². The van der Waals surface area contributed by atoms with Crippen molar-refractivity contribution in [2.45, 2.75) is 6.54 Å². The number of nitrogens with zero attached hydrogens (tertiary/aromatic N) is 1. The second-order valence-corrected chi connectivity index (χ2v) is 5.62. The summed E-state index contributed by atoms with van der Waals surface area (Å²) in [4.78, 5) is 25.0. The van der Waals surface area contributed by atoms with E-state index < -0.39 is 11.2 Å². The Morgan fingerprint density at radius 3 is 2.83 bits per heavy atom. The second-order valence-electron chi connectivity index (χ2n) is 3.60. The van der Waals surface area contributed by atoms with E-state index >= 15 is 0 Å². The van der Waals surface area contributed by atoms with Crippen molar-refractivity contribution in [3.05, 3.63) is 64.7 Å². The van der Waals surface area contributed by atoms with Gasteiger partial charge in [0.15, 0.2) is 0 Å². The molecule has 7 heteroatoms. The average Bonchev–Trinajstić information content (AvgIpc) is 2.30. The molecule has 0 bridgehead atoms. The van der Waals surface area contributed by atoms with E-state index in [4.69, 9.17) is 0 Å². The van der Waals surface area contributed by atoms with Gasteiger partial charge in [-0.05, 0) is 46.4 Å². The Hall–Kier alpha value is -0.960. The Balaban J connectivity index is 2.46. The SMILES string of the molecule is O=c1[nH]c(=O)n(Cc2cc(F)ccc2Br)cc1I. The molecule has 4 nitrogen and oxygen atoms in total. The number of benzene rings is 1. The lowest BCUT2D eigenvalue weighted by molar-refractivity contribution is 0.620. The summed E-state index contributed by atoms with van der Waals surface area (Å²) in [6.45, 7) is 0.184. The highest BCUT2D eigenvalue weighted by molar-refractivity contribution is 14.1. The monoisotopic (exact) mass is 424 g/mol. The molecular weight excluding hydrogens is 418 g/mol. The lowest BCUT2D eigenvalue weighted by atomic mass is 10.2. The molecule has 0 aliphatic carbocycles. The largest absolute Gasteiger partial charge is 0.328 e. The zero-order chi connectivity index (χ0) is 13.3. The van der Waals surface area contributed by atoms with Crippen molar-refractivity contribution in [1.82, 2.24) is 9.55 Å². The van der Waals surface area contributed by atoms with Gasteiger partial charge in [0.25, 0.3) is 5.56 Å². The van der Waals surface area contributed by atoms with Crippen LogP contribution in [0.25, 0.3) is 0 Å². The molecule has 1 aromatic carbocycles. The smallest absolute Gasteiger partial charge is 0.295 e. The second kappa shape index (κ2) is 5.35. The molecule has 0 fully saturated rings. The van der Waals surface area contributed by atoms with Crippen LogP contribution < -0.4 is 11.2 Å². The van der Waals surface area contributed by atoms with Gasteiger partial charge in [-0.3, -0.25) is 14.3 Å². The molecule has 0 aliphatic heterocycles. The predicted octanol–water partition coefficient (Wildman–Crippen LogP) is 2.09. The van der Waals surface area contributed by atoms with E-state index in [1.807, 2.05) is 22.6 Å². The van der Waals surface area contributed by atoms with Crippen LogP contribution in [0.2, 0.25) is 0 Å². The normalized spacial score (nSPS) is 10.6. The number of hydrogen-bond acceptors (Lipinski definition) is 2. The van der Waals surface area contributed by atoms with Crippen LogP contribution >= 0.6 is 38.5 Å². The van der Waals surface area contributed by atoms with Crippen molar-refractivity contribution in [1.29, 1.82) is 0 Å². The molecule has 2 rings (SSSR count). The minimum absolute atomic E-state index is 0.184. The molecular formula is C11H7BrFIN2O2. The van der Waals surface area contributed by atoms with Crippen molar-refractivity contribution in [2.75, 3.05) is 0 Å². The Bertz CT molecular complexity index is 711. The summed E-state index contributed by atoms with van der Waals surface area (Å²) < 4.78 is 15.6. The summed E-state index contributed by atoms with van der Waals surface area (Å²) in [6.07, 6.45) is 1.44. The minimum Gasteiger partial charge on any atom is -0.295 e. The molecule has 0 amide bonds. The minimum atomic E-state index is -0.517. The number of aromatic nitrogens is 2. The zero-order valence-electron chi connectivity index (χ0n) is 8.91. The third kappa shape index (κ3) is 2.89. The van der Waals surface area contributed by atoms with Crippen LogP contribution in [0.5, 0.6) is 0 Å². The number of nitrogens with one attached hydrogen (secondary N) is 1. The van der Waals surface area contributed by atoms with E-state index in [-0.39, 0.29) is 12.4 Å². The van der Waals surface area contributed by atoms with Crippen molar-refractivity contribution < 1.29 is 4.39 Å². The van der Waals surface area contributed by atoms with Crippen LogP contribution in [-0.2, 0) is 6.54 Å². The third-order valence-corrected chi connectivity index (χ3v) is 3.86. The maximum Gasteiger partial charge on any atom is 0.328 e. The fraction of sp³-hybridized carbons (Fsp3) is 0.0909. The van der Waals surface area contributed by atoms with Gasteiger partial charge >= 0.3 is 5.69 Å². The Labute approximate surface area is 123 Å². The average molecular weight is 425 g/mol. The van der Waals surface area contributed by atoms with Crippen molar-refractivity contribution in [3.63, 3.8) is 0 Å². The predicted molar refractivity (Wildman–Crippen MR) is 77.2 cm³/mol. The lowest BCUT2D eigenvalue weighted by Crippen LogP contribution is -2.31. The molecule has 0 spiro atoms. The maximum absolute atomic E-state index is 13.1. The molecule has 0 atom stereocenters. The number of hydrogen-bond donors (Lipinski definition) is 1. The van der Waals surface area contributed by atoms with E-state index in [0.29, 0.717) is 13.6 Å². The highest BCUT2D eigenvalue weighted by Gasteiger charge is 2.06. The van der Waals surface area contributed by atoms with Crippen molar-refractivity contribution in [2.24, 2.45) is 0 Å². The van der Waals surface area contributed by atoms with Crippen LogP contribution in [0, 0.1) is 9.39 Å². The molecule has 2 aromatic rings. The molecule has 0 aliphatic rings. The van der Waals surface area contributed by atoms with Gasteiger partial charge < -0.3 is 0 Å². The Morgan fingerprint density at radius 1 is 1.39 bits per heavy atom. The summed E-state index contributed by atoms with van der Waals surface area (Å²) in [6, 6.07) is 4.24. The van der Waals surface area contributed by atoms with Gasteiger partial charge in [0.1, 0.15) is 5.82 Å². The first kappa shape index (κ1) is 13.5. The highest BCUT2D eigenvalue weighted by Crippen LogP contribution is 2.18. The molecule has 0 saturated heterocycles. The number of rotatable bonds is 2. The van der Waals surface area contributed by atoms with Crippen LogP contribution in [0.3, 0.4) is 0 Å². The van der Waals surface area contributed by atoms with Crippen molar-refractivity contribution >= 4 is 38.5 Å². The number of H-pyrrole nitrogens is 1. The van der Waals surface area contributed by atoms with E-state index in [1.165, 1.54) is 22.9 Å². The quantitative estimate of drug-likeness (QED) is 0.750. The van der Waals surface area contributed by atoms with Gasteiger partial charge in [0, 0.05) is 10.7 Å². The standard InChI is InChI=1S/C11H7BrFIN2O2/c12-8-2-1-7(13)3-6(8)4-16-5-9(14)10(17)15-11(16)18/h1-3,5H,4H2,(H,15,17,18). The molecule has 0 saturated carbocycles. The summed E-state index contributed by atoms with van der Waals surface area (Å²) in [7, 11) is 0. The van der Waals surface area contributed by atoms with E-state index in [1.54, 1.807) is 6.07 Å². The summed E-state index contributed by atoms with van der Waals surface area (Å²) in [5, 5.41) is 0. The molecule has 94 valence electrons. The Kier molecular flexibility index (Phi) is 4.00. The van der Waals surface area contributed by atoms with Crippen LogP contribution in [0.15, 0.2) is 38.5 Å². The van der Waals surface area contributed by atoms with Gasteiger partial charge in [0.05, 0.1) is 10.1 Å². The molecule has 1 aromatic heterocycles. The van der Waals surface area contributed by atoms with Crippen LogP contribution in [-0.4, -0.2) is 9.55 Å². The van der Waals surface area contributed by atoms with Gasteiger partial charge in [0.2, 0.25) is 0 Å². The van der Waals surface area contributed by atoms with E-state index in [2.05, 4.69) is 20.9 Å². The third-order valence-electron chi connectivity index (χ3n) is 2.32. The topological polar surface area (TPSA) is 54.9 Å². The first-order valence-electron chi connectivity index (χ1n) is 4.90. The maximum atomic E-state index is 13.1. The summed E-state index contributed by atoms with van der Waals surface area (Å²) >= 11 is 5.13. The van der Waals surface area contributed by atoms with E-state index in [9.17, 15) is 14.0 Å². The first-order valence-corrected chi connectivity index (χ1v) is 6.78. The van der Waals surface area contributed by atoms with E-state index in [0.717, 1.165) is 0 Å². The van der Waals surface area contributed by atoms with Crippen LogP contribution in [0.4, 0.5) is 4.39 Å². The zero-order valence-corrected chi connectivity index (χ0v) is 12.7.